The fraction of sp³-hybridized carbons (Fsp3) is 0.346. The van der Waals surface area contributed by atoms with Crippen LogP contribution in [0.15, 0.2) is 47.7 Å². The van der Waals surface area contributed by atoms with E-state index in [1.807, 2.05) is 0 Å². The summed E-state index contributed by atoms with van der Waals surface area (Å²) in [5.74, 6) is -1.30. The Morgan fingerprint density at radius 1 is 1.11 bits per heavy atom. The summed E-state index contributed by atoms with van der Waals surface area (Å²) in [4.78, 5) is 31.2. The zero-order chi connectivity index (χ0) is 25.9. The highest BCUT2D eigenvalue weighted by Crippen LogP contribution is 2.29. The second-order valence-electron chi connectivity index (χ2n) is 10.2. The van der Waals surface area contributed by atoms with Crippen LogP contribution in [-0.2, 0) is 4.74 Å². The van der Waals surface area contributed by atoms with Gasteiger partial charge in [0, 0.05) is 30.7 Å². The van der Waals surface area contributed by atoms with Crippen LogP contribution in [0.4, 0.5) is 13.6 Å². The van der Waals surface area contributed by atoms with Gasteiger partial charge in [0.15, 0.2) is 11.5 Å². The number of rotatable bonds is 2. The van der Waals surface area contributed by atoms with Crippen LogP contribution in [-0.4, -0.2) is 54.8 Å². The molecule has 1 aliphatic heterocycles. The molecule has 0 bridgehead atoms. The molecule has 1 fully saturated rings. The quantitative estimate of drug-likeness (QED) is 0.452. The number of nitrogens with zero attached hydrogens (tertiary/aromatic N) is 4. The van der Waals surface area contributed by atoms with Gasteiger partial charge in [-0.1, -0.05) is 0 Å². The Bertz CT molecular complexity index is 1570. The summed E-state index contributed by atoms with van der Waals surface area (Å²) < 4.78 is 38.0. The van der Waals surface area contributed by atoms with Gasteiger partial charge in [-0.25, -0.2) is 18.6 Å². The van der Waals surface area contributed by atoms with Crippen molar-refractivity contribution in [3.05, 3.63) is 70.5 Å². The second-order valence-corrected chi connectivity index (χ2v) is 10.2. The van der Waals surface area contributed by atoms with Crippen LogP contribution in [0.25, 0.3) is 27.5 Å². The number of carbonyl (C=O) groups excluding carboxylic acids is 1. The first-order valence-corrected chi connectivity index (χ1v) is 11.6. The number of hydrogen-bond donors (Lipinski definition) is 1. The molecule has 4 heterocycles. The van der Waals surface area contributed by atoms with Crippen LogP contribution in [0.1, 0.15) is 32.5 Å². The van der Waals surface area contributed by atoms with Crippen molar-refractivity contribution in [3.63, 3.8) is 0 Å². The van der Waals surface area contributed by atoms with Gasteiger partial charge in [0.05, 0.1) is 29.8 Å². The summed E-state index contributed by atoms with van der Waals surface area (Å²) in [6, 6.07) is 4.91. The van der Waals surface area contributed by atoms with Crippen LogP contribution >= 0.6 is 0 Å². The number of amides is 1. The number of hydrogen-bond acceptors (Lipinski definition) is 5. The van der Waals surface area contributed by atoms with Crippen molar-refractivity contribution in [2.45, 2.75) is 45.4 Å². The van der Waals surface area contributed by atoms with Gasteiger partial charge in [-0.3, -0.25) is 4.79 Å². The van der Waals surface area contributed by atoms with Crippen LogP contribution < -0.4 is 5.56 Å². The number of ether oxygens (including phenoxy) is 1. The lowest BCUT2D eigenvalue weighted by Crippen LogP contribution is -2.36. The summed E-state index contributed by atoms with van der Waals surface area (Å²) in [5, 5.41) is 10.8. The molecule has 0 radical (unpaired) electrons. The van der Waals surface area contributed by atoms with E-state index in [0.29, 0.717) is 22.2 Å². The largest absolute Gasteiger partial charge is 0.444 e. The minimum absolute atomic E-state index is 0.00670. The van der Waals surface area contributed by atoms with E-state index in [0.717, 1.165) is 0 Å². The number of halogens is 2. The minimum Gasteiger partial charge on any atom is -0.444 e. The third-order valence-corrected chi connectivity index (χ3v) is 6.21. The van der Waals surface area contributed by atoms with Crippen LogP contribution in [0.2, 0.25) is 0 Å². The molecule has 5 rings (SSSR count). The normalized spacial score (nSPS) is 18.4. The fourth-order valence-corrected chi connectivity index (χ4v) is 4.63. The maximum atomic E-state index is 15.3. The number of benzene rings is 1. The van der Waals surface area contributed by atoms with Crippen molar-refractivity contribution in [1.29, 1.82) is 0 Å². The van der Waals surface area contributed by atoms with Crippen molar-refractivity contribution in [1.82, 2.24) is 18.9 Å². The molecular formula is C26H26F2N4O4. The number of aliphatic hydroxyl groups is 1. The Labute approximate surface area is 205 Å². The first kappa shape index (κ1) is 23.9. The lowest BCUT2D eigenvalue weighted by Gasteiger charge is -2.24. The van der Waals surface area contributed by atoms with E-state index in [4.69, 9.17) is 4.74 Å². The number of pyridine rings is 2. The van der Waals surface area contributed by atoms with E-state index in [1.165, 1.54) is 32.2 Å². The highest BCUT2D eigenvalue weighted by Gasteiger charge is 2.37. The maximum Gasteiger partial charge on any atom is 0.410 e. The van der Waals surface area contributed by atoms with E-state index in [2.05, 4.69) is 4.98 Å². The molecule has 2 atom stereocenters. The van der Waals surface area contributed by atoms with Gasteiger partial charge in [-0.2, -0.15) is 0 Å². The summed E-state index contributed by atoms with van der Waals surface area (Å²) in [7, 11) is 0. The molecule has 188 valence electrons. The lowest BCUT2D eigenvalue weighted by atomic mass is 10.0. The number of aromatic nitrogens is 3. The third kappa shape index (κ3) is 4.21. The van der Waals surface area contributed by atoms with Crippen LogP contribution in [0, 0.1) is 18.6 Å². The molecule has 4 aromatic rings. The standard InChI is InChI=1S/C26H26F2N4O4/c1-14-10-30-11-17(9-19(28)23(30)29-14)16-7-15-5-6-32(24(34)22(15)18(27)8-16)20-12-31(13-21(20)33)25(35)36-26(2,3)4/h5-11,20-21,33H,12-13H2,1-4H3/t20?,21-/m0/s1. The molecule has 1 unspecified atom stereocenters. The van der Waals surface area contributed by atoms with Crippen LogP contribution in [0.3, 0.4) is 0 Å². The highest BCUT2D eigenvalue weighted by atomic mass is 19.1. The van der Waals surface area contributed by atoms with Gasteiger partial charge in [0.2, 0.25) is 0 Å². The molecule has 0 spiro atoms. The van der Waals surface area contributed by atoms with E-state index in [-0.39, 0.29) is 24.1 Å². The van der Waals surface area contributed by atoms with Gasteiger partial charge in [-0.15, -0.1) is 0 Å². The van der Waals surface area contributed by atoms with E-state index < -0.39 is 41.0 Å². The summed E-state index contributed by atoms with van der Waals surface area (Å²) in [5.41, 5.74) is 0.332. The Balaban J connectivity index is 1.51. The van der Waals surface area contributed by atoms with Gasteiger partial charge >= 0.3 is 6.09 Å². The number of aliphatic hydroxyl groups excluding tert-OH is 1. The fourth-order valence-electron chi connectivity index (χ4n) is 4.63. The van der Waals surface area contributed by atoms with E-state index in [9.17, 15) is 19.1 Å². The molecule has 10 heteroatoms. The van der Waals surface area contributed by atoms with Gasteiger partial charge < -0.3 is 23.7 Å². The van der Waals surface area contributed by atoms with E-state index >= 15 is 4.39 Å². The van der Waals surface area contributed by atoms with Crippen molar-refractivity contribution < 1.29 is 23.4 Å². The average molecular weight is 497 g/mol. The second kappa shape index (κ2) is 8.41. The molecule has 3 aromatic heterocycles. The van der Waals surface area contributed by atoms with Gasteiger partial charge in [-0.05, 0) is 62.9 Å². The van der Waals surface area contributed by atoms with Crippen molar-refractivity contribution in [3.8, 4) is 11.1 Å². The molecule has 1 aromatic carbocycles. The highest BCUT2D eigenvalue weighted by molar-refractivity contribution is 5.87. The Morgan fingerprint density at radius 2 is 1.83 bits per heavy atom. The smallest absolute Gasteiger partial charge is 0.410 e. The number of fused-ring (bicyclic) bond motifs is 2. The maximum absolute atomic E-state index is 15.3. The molecule has 0 saturated carbocycles. The first-order valence-electron chi connectivity index (χ1n) is 11.6. The molecule has 8 nitrogen and oxygen atoms in total. The average Bonchev–Trinajstić information content (AvgIpc) is 3.35. The molecular weight excluding hydrogens is 470 g/mol. The molecule has 1 amide bonds. The molecule has 1 N–H and O–H groups in total. The third-order valence-electron chi connectivity index (χ3n) is 6.21. The number of likely N-dealkylation sites (tertiary alicyclic amines) is 1. The number of carbonyl (C=O) groups is 1. The molecule has 0 aliphatic carbocycles. The van der Waals surface area contributed by atoms with E-state index in [1.54, 1.807) is 52.2 Å². The lowest BCUT2D eigenvalue weighted by molar-refractivity contribution is 0.0269. The minimum atomic E-state index is -1.02. The number of imidazole rings is 1. The van der Waals surface area contributed by atoms with Crippen molar-refractivity contribution in [2.24, 2.45) is 0 Å². The van der Waals surface area contributed by atoms with Crippen LogP contribution in [0.5, 0.6) is 0 Å². The topological polar surface area (TPSA) is 89.1 Å². The first-order chi connectivity index (χ1) is 16.9. The van der Waals surface area contributed by atoms with Gasteiger partial charge in [0.1, 0.15) is 11.4 Å². The number of β-amino-alcohol motifs (C(OH)–C–C–N with tert-alkyl or cyclic N) is 1. The summed E-state index contributed by atoms with van der Waals surface area (Å²) >= 11 is 0. The summed E-state index contributed by atoms with van der Waals surface area (Å²) in [6.45, 7) is 7.01. The van der Waals surface area contributed by atoms with Crippen molar-refractivity contribution >= 4 is 22.5 Å². The molecule has 1 aliphatic rings. The van der Waals surface area contributed by atoms with Crippen molar-refractivity contribution in [2.75, 3.05) is 13.1 Å². The SMILES string of the molecule is Cc1cn2cc(-c3cc(F)c4c(=O)n(C5CN(C(=O)OC(C)(C)C)C[C@@H]5O)ccc4c3)cc(F)c2n1. The molecule has 1 saturated heterocycles. The Hall–Kier alpha value is -3.79. The Morgan fingerprint density at radius 3 is 2.56 bits per heavy atom. The predicted octanol–water partition coefficient (Wildman–Crippen LogP) is 4.06. The predicted molar refractivity (Wildman–Crippen MR) is 130 cm³/mol. The monoisotopic (exact) mass is 496 g/mol. The zero-order valence-corrected chi connectivity index (χ0v) is 20.3. The Kier molecular flexibility index (Phi) is 5.59. The summed E-state index contributed by atoms with van der Waals surface area (Å²) in [6.07, 6.45) is 3.18. The van der Waals surface area contributed by atoms with Gasteiger partial charge in [0.25, 0.3) is 5.56 Å². The molecule has 36 heavy (non-hydrogen) atoms. The number of aryl methyl sites for hydroxylation is 1. The zero-order valence-electron chi connectivity index (χ0n) is 20.3.